The maximum Gasteiger partial charge on any atom is 0.175 e. The van der Waals surface area contributed by atoms with Crippen molar-refractivity contribution >= 4 is 5.78 Å². The molecule has 3 nitrogen and oxygen atoms in total. The van der Waals surface area contributed by atoms with Crippen molar-refractivity contribution in [1.29, 1.82) is 0 Å². The van der Waals surface area contributed by atoms with Crippen LogP contribution in [0.1, 0.15) is 19.8 Å². The average molecular weight is 157 g/mol. The zero-order valence-electron chi connectivity index (χ0n) is 6.88. The highest BCUT2D eigenvalue weighted by Gasteiger charge is 2.32. The van der Waals surface area contributed by atoms with Crippen molar-refractivity contribution in [3.05, 3.63) is 0 Å². The molecule has 1 saturated carbocycles. The summed E-state index contributed by atoms with van der Waals surface area (Å²) in [5.41, 5.74) is 5.63. The molecule has 0 radical (unpaired) electrons. The predicted octanol–water partition coefficient (Wildman–Crippen LogP) is 0.329. The number of hydrogen-bond donors (Lipinski definition) is 1. The smallest absolute Gasteiger partial charge is 0.175 e. The molecule has 0 heterocycles. The van der Waals surface area contributed by atoms with Gasteiger partial charge in [0.1, 0.15) is 6.61 Å². The second-order valence-corrected chi connectivity index (χ2v) is 2.97. The van der Waals surface area contributed by atoms with Crippen LogP contribution in [0.4, 0.5) is 0 Å². The summed E-state index contributed by atoms with van der Waals surface area (Å²) in [7, 11) is 0. The fourth-order valence-electron chi connectivity index (χ4n) is 1.02. The van der Waals surface area contributed by atoms with Gasteiger partial charge in [0.2, 0.25) is 0 Å². The van der Waals surface area contributed by atoms with Crippen LogP contribution in [0.15, 0.2) is 0 Å². The lowest BCUT2D eigenvalue weighted by Crippen LogP contribution is -2.35. The van der Waals surface area contributed by atoms with E-state index in [1.807, 2.05) is 6.92 Å². The van der Waals surface area contributed by atoms with Gasteiger partial charge in [-0.05, 0) is 25.7 Å². The first kappa shape index (κ1) is 8.68. The van der Waals surface area contributed by atoms with Gasteiger partial charge in [0, 0.05) is 6.61 Å². The topological polar surface area (TPSA) is 52.3 Å². The molecule has 0 aromatic rings. The number of nitrogens with two attached hydrogens (primary N) is 1. The normalized spacial score (nSPS) is 19.8. The molecule has 11 heavy (non-hydrogen) atoms. The minimum atomic E-state index is -0.262. The molecule has 0 aliphatic heterocycles. The van der Waals surface area contributed by atoms with Crippen LogP contribution in [0.5, 0.6) is 0 Å². The van der Waals surface area contributed by atoms with Gasteiger partial charge in [-0.15, -0.1) is 0 Å². The Labute approximate surface area is 66.9 Å². The zero-order chi connectivity index (χ0) is 8.27. The molecule has 3 heteroatoms. The maximum atomic E-state index is 11.1. The largest absolute Gasteiger partial charge is 0.374 e. The fraction of sp³-hybridized carbons (Fsp3) is 0.875. The van der Waals surface area contributed by atoms with Crippen LogP contribution in [0.3, 0.4) is 0 Å². The van der Waals surface area contributed by atoms with Crippen molar-refractivity contribution in [3.63, 3.8) is 0 Å². The monoisotopic (exact) mass is 157 g/mol. The third kappa shape index (κ3) is 2.60. The first-order chi connectivity index (χ1) is 5.25. The third-order valence-corrected chi connectivity index (χ3v) is 1.95. The maximum absolute atomic E-state index is 11.1. The molecule has 0 amide bonds. The molecule has 1 fully saturated rings. The molecule has 0 aromatic heterocycles. The van der Waals surface area contributed by atoms with Crippen LogP contribution < -0.4 is 5.73 Å². The van der Waals surface area contributed by atoms with Crippen LogP contribution in [0, 0.1) is 5.92 Å². The molecule has 64 valence electrons. The molecule has 1 aliphatic carbocycles. The zero-order valence-corrected chi connectivity index (χ0v) is 6.88. The predicted molar refractivity (Wildman–Crippen MR) is 42.2 cm³/mol. The number of carbonyl (C=O) groups is 1. The van der Waals surface area contributed by atoms with Crippen molar-refractivity contribution in [2.45, 2.75) is 25.8 Å². The standard InChI is InChI=1S/C8H15NO2/c1-2-11-5-7(10)8(9)6-3-4-6/h6,8H,2-5,9H2,1H3. The Bertz CT molecular complexity index is 143. The number of rotatable bonds is 5. The highest BCUT2D eigenvalue weighted by atomic mass is 16.5. The third-order valence-electron chi connectivity index (χ3n) is 1.95. The summed E-state index contributed by atoms with van der Waals surface area (Å²) < 4.78 is 4.96. The lowest BCUT2D eigenvalue weighted by Gasteiger charge is -2.07. The number of ketones is 1. The number of ether oxygens (including phenoxy) is 1. The molecule has 1 unspecified atom stereocenters. The van der Waals surface area contributed by atoms with E-state index in [4.69, 9.17) is 10.5 Å². The van der Waals surface area contributed by atoms with E-state index in [0.29, 0.717) is 12.5 Å². The molecule has 2 N–H and O–H groups in total. The molecule has 1 rings (SSSR count). The van der Waals surface area contributed by atoms with Gasteiger partial charge < -0.3 is 10.5 Å². The van der Waals surface area contributed by atoms with E-state index in [1.54, 1.807) is 0 Å². The molecule has 0 aromatic carbocycles. The van der Waals surface area contributed by atoms with E-state index >= 15 is 0 Å². The fourth-order valence-corrected chi connectivity index (χ4v) is 1.02. The van der Waals surface area contributed by atoms with Crippen molar-refractivity contribution < 1.29 is 9.53 Å². The molecule has 0 saturated heterocycles. The molecule has 1 atom stereocenters. The number of hydrogen-bond acceptors (Lipinski definition) is 3. The minimum absolute atomic E-state index is 0.0503. The van der Waals surface area contributed by atoms with Crippen molar-refractivity contribution in [1.82, 2.24) is 0 Å². The molecule has 0 spiro atoms. The van der Waals surface area contributed by atoms with E-state index in [-0.39, 0.29) is 18.4 Å². The molecular weight excluding hydrogens is 142 g/mol. The Morgan fingerprint density at radius 1 is 1.73 bits per heavy atom. The molecular formula is C8H15NO2. The van der Waals surface area contributed by atoms with Crippen molar-refractivity contribution in [2.75, 3.05) is 13.2 Å². The highest BCUT2D eigenvalue weighted by Crippen LogP contribution is 2.31. The minimum Gasteiger partial charge on any atom is -0.374 e. The van der Waals surface area contributed by atoms with E-state index in [9.17, 15) is 4.79 Å². The summed E-state index contributed by atoms with van der Waals surface area (Å²) in [6.07, 6.45) is 2.22. The van der Waals surface area contributed by atoms with Crippen LogP contribution in [0.25, 0.3) is 0 Å². The lowest BCUT2D eigenvalue weighted by atomic mass is 10.1. The molecule has 0 bridgehead atoms. The van der Waals surface area contributed by atoms with Gasteiger partial charge in [0.05, 0.1) is 6.04 Å². The second kappa shape index (κ2) is 3.83. The quantitative estimate of drug-likeness (QED) is 0.625. The van der Waals surface area contributed by atoms with Crippen LogP contribution in [-0.2, 0) is 9.53 Å². The Morgan fingerprint density at radius 3 is 2.82 bits per heavy atom. The van der Waals surface area contributed by atoms with E-state index < -0.39 is 0 Å². The summed E-state index contributed by atoms with van der Waals surface area (Å²) in [5.74, 6) is 0.498. The summed E-state index contributed by atoms with van der Waals surface area (Å²) in [4.78, 5) is 11.1. The Morgan fingerprint density at radius 2 is 2.36 bits per heavy atom. The highest BCUT2D eigenvalue weighted by molar-refractivity contribution is 5.85. The Kier molecular flexibility index (Phi) is 3.02. The summed E-state index contributed by atoms with van der Waals surface area (Å²) in [6.45, 7) is 2.65. The summed E-state index contributed by atoms with van der Waals surface area (Å²) in [6, 6.07) is -0.262. The Hall–Kier alpha value is -0.410. The van der Waals surface area contributed by atoms with Crippen molar-refractivity contribution in [2.24, 2.45) is 11.7 Å². The van der Waals surface area contributed by atoms with E-state index in [0.717, 1.165) is 12.8 Å². The molecule has 1 aliphatic rings. The first-order valence-electron chi connectivity index (χ1n) is 4.11. The van der Waals surface area contributed by atoms with Gasteiger partial charge in [-0.25, -0.2) is 0 Å². The van der Waals surface area contributed by atoms with Crippen LogP contribution in [0.2, 0.25) is 0 Å². The van der Waals surface area contributed by atoms with Gasteiger partial charge in [0.15, 0.2) is 5.78 Å². The summed E-state index contributed by atoms with van der Waals surface area (Å²) in [5, 5.41) is 0. The van der Waals surface area contributed by atoms with Crippen LogP contribution in [-0.4, -0.2) is 25.0 Å². The van der Waals surface area contributed by atoms with E-state index in [2.05, 4.69) is 0 Å². The number of carbonyl (C=O) groups excluding carboxylic acids is 1. The Balaban J connectivity index is 2.16. The first-order valence-corrected chi connectivity index (χ1v) is 4.11. The van der Waals surface area contributed by atoms with Gasteiger partial charge in [-0.1, -0.05) is 0 Å². The van der Waals surface area contributed by atoms with Crippen molar-refractivity contribution in [3.8, 4) is 0 Å². The van der Waals surface area contributed by atoms with Gasteiger partial charge >= 0.3 is 0 Å². The SMILES string of the molecule is CCOCC(=O)C(N)C1CC1. The van der Waals surface area contributed by atoms with Gasteiger partial charge in [-0.3, -0.25) is 4.79 Å². The van der Waals surface area contributed by atoms with E-state index in [1.165, 1.54) is 0 Å². The number of Topliss-reactive ketones (excluding diaryl/α,β-unsaturated/α-hetero) is 1. The second-order valence-electron chi connectivity index (χ2n) is 2.97. The summed E-state index contributed by atoms with van der Waals surface area (Å²) >= 11 is 0. The lowest BCUT2D eigenvalue weighted by molar-refractivity contribution is -0.125. The van der Waals surface area contributed by atoms with Gasteiger partial charge in [-0.2, -0.15) is 0 Å². The van der Waals surface area contributed by atoms with Gasteiger partial charge in [0.25, 0.3) is 0 Å². The van der Waals surface area contributed by atoms with Crippen LogP contribution >= 0.6 is 0 Å². The average Bonchev–Trinajstić information content (AvgIpc) is 2.81.